The Morgan fingerprint density at radius 2 is 2.29 bits per heavy atom. The van der Waals surface area contributed by atoms with E-state index in [-0.39, 0.29) is 17.5 Å². The lowest BCUT2D eigenvalue weighted by Gasteiger charge is -2.23. The molecule has 1 fully saturated rings. The lowest BCUT2D eigenvalue weighted by Crippen LogP contribution is -2.42. The summed E-state index contributed by atoms with van der Waals surface area (Å²) in [5.41, 5.74) is 5.89. The molecule has 0 spiro atoms. The van der Waals surface area contributed by atoms with Gasteiger partial charge in [0.25, 0.3) is 0 Å². The van der Waals surface area contributed by atoms with Gasteiger partial charge < -0.3 is 15.5 Å². The fourth-order valence-electron chi connectivity index (χ4n) is 2.48. The molecule has 1 heterocycles. The molecule has 1 aromatic heterocycles. The first-order valence-corrected chi connectivity index (χ1v) is 6.21. The van der Waals surface area contributed by atoms with E-state index in [0.29, 0.717) is 6.42 Å². The van der Waals surface area contributed by atoms with Gasteiger partial charge in [0.1, 0.15) is 5.76 Å². The topological polar surface area (TPSA) is 68.3 Å². The molecule has 0 aromatic carbocycles. The lowest BCUT2D eigenvalue weighted by atomic mass is 9.94. The zero-order valence-corrected chi connectivity index (χ0v) is 10.2. The van der Waals surface area contributed by atoms with Crippen molar-refractivity contribution in [2.45, 2.75) is 50.6 Å². The fourth-order valence-corrected chi connectivity index (χ4v) is 2.48. The first-order chi connectivity index (χ1) is 8.09. The van der Waals surface area contributed by atoms with E-state index in [4.69, 9.17) is 10.2 Å². The largest absolute Gasteiger partial charge is 0.467 e. The predicted molar refractivity (Wildman–Crippen MR) is 65.3 cm³/mol. The maximum atomic E-state index is 11.9. The SMILES string of the molecule is C[C@H](NC(=O)CC1(N)CCCC1)c1ccco1. The molecule has 0 bridgehead atoms. The Morgan fingerprint density at radius 3 is 2.88 bits per heavy atom. The molecule has 2 rings (SSSR count). The first kappa shape index (κ1) is 12.2. The summed E-state index contributed by atoms with van der Waals surface area (Å²) in [6.07, 6.45) is 6.21. The third-order valence-electron chi connectivity index (χ3n) is 3.46. The second kappa shape index (κ2) is 4.92. The molecule has 0 saturated heterocycles. The van der Waals surface area contributed by atoms with E-state index in [2.05, 4.69) is 5.32 Å². The number of nitrogens with two attached hydrogens (primary N) is 1. The number of hydrogen-bond acceptors (Lipinski definition) is 3. The van der Waals surface area contributed by atoms with Crippen molar-refractivity contribution in [2.75, 3.05) is 0 Å². The second-order valence-corrected chi connectivity index (χ2v) is 5.05. The van der Waals surface area contributed by atoms with Gasteiger partial charge in [-0.05, 0) is 31.9 Å². The number of amides is 1. The lowest BCUT2D eigenvalue weighted by molar-refractivity contribution is -0.123. The molecule has 0 aliphatic heterocycles. The van der Waals surface area contributed by atoms with Crippen molar-refractivity contribution in [3.8, 4) is 0 Å². The van der Waals surface area contributed by atoms with Crippen LogP contribution in [0.2, 0.25) is 0 Å². The minimum Gasteiger partial charge on any atom is -0.467 e. The summed E-state index contributed by atoms with van der Waals surface area (Å²) >= 11 is 0. The Labute approximate surface area is 102 Å². The van der Waals surface area contributed by atoms with Gasteiger partial charge in [-0.2, -0.15) is 0 Å². The van der Waals surface area contributed by atoms with Gasteiger partial charge in [0.2, 0.25) is 5.91 Å². The van der Waals surface area contributed by atoms with Gasteiger partial charge in [-0.25, -0.2) is 0 Å². The number of carbonyl (C=O) groups excluding carboxylic acids is 1. The molecule has 0 unspecified atom stereocenters. The smallest absolute Gasteiger partial charge is 0.222 e. The highest BCUT2D eigenvalue weighted by atomic mass is 16.3. The molecule has 4 heteroatoms. The summed E-state index contributed by atoms with van der Waals surface area (Å²) in [6.45, 7) is 1.91. The Morgan fingerprint density at radius 1 is 1.59 bits per heavy atom. The summed E-state index contributed by atoms with van der Waals surface area (Å²) in [7, 11) is 0. The van der Waals surface area contributed by atoms with E-state index in [1.807, 2.05) is 19.1 Å². The van der Waals surface area contributed by atoms with E-state index in [0.717, 1.165) is 31.4 Å². The molecule has 1 saturated carbocycles. The van der Waals surface area contributed by atoms with Crippen LogP contribution in [0.15, 0.2) is 22.8 Å². The molecule has 3 N–H and O–H groups in total. The van der Waals surface area contributed by atoms with Crippen LogP contribution in [-0.4, -0.2) is 11.4 Å². The molecule has 1 aliphatic carbocycles. The van der Waals surface area contributed by atoms with Gasteiger partial charge >= 0.3 is 0 Å². The highest BCUT2D eigenvalue weighted by molar-refractivity contribution is 5.77. The van der Waals surface area contributed by atoms with Crippen molar-refractivity contribution >= 4 is 5.91 Å². The molecule has 1 aromatic rings. The van der Waals surface area contributed by atoms with Crippen LogP contribution in [0, 0.1) is 0 Å². The third-order valence-corrected chi connectivity index (χ3v) is 3.46. The number of nitrogens with one attached hydrogen (secondary N) is 1. The molecular formula is C13H20N2O2. The van der Waals surface area contributed by atoms with Crippen LogP contribution in [0.3, 0.4) is 0 Å². The van der Waals surface area contributed by atoms with Gasteiger partial charge in [0.15, 0.2) is 0 Å². The predicted octanol–water partition coefficient (Wildman–Crippen LogP) is 2.12. The van der Waals surface area contributed by atoms with Crippen LogP contribution in [0.25, 0.3) is 0 Å². The van der Waals surface area contributed by atoms with Crippen LogP contribution < -0.4 is 11.1 Å². The minimum atomic E-state index is -0.285. The first-order valence-electron chi connectivity index (χ1n) is 6.21. The summed E-state index contributed by atoms with van der Waals surface area (Å²) in [5, 5.41) is 2.92. The molecule has 0 radical (unpaired) electrons. The van der Waals surface area contributed by atoms with Gasteiger partial charge in [-0.3, -0.25) is 4.79 Å². The van der Waals surface area contributed by atoms with Crippen LogP contribution in [0.1, 0.15) is 50.8 Å². The van der Waals surface area contributed by atoms with Crippen LogP contribution >= 0.6 is 0 Å². The maximum absolute atomic E-state index is 11.9. The van der Waals surface area contributed by atoms with E-state index >= 15 is 0 Å². The third kappa shape index (κ3) is 3.09. The highest BCUT2D eigenvalue weighted by Crippen LogP contribution is 2.30. The molecule has 4 nitrogen and oxygen atoms in total. The van der Waals surface area contributed by atoms with E-state index in [9.17, 15) is 4.79 Å². The summed E-state index contributed by atoms with van der Waals surface area (Å²) in [5.74, 6) is 0.786. The maximum Gasteiger partial charge on any atom is 0.222 e. The Balaban J connectivity index is 1.85. The van der Waals surface area contributed by atoms with Crippen molar-refractivity contribution in [2.24, 2.45) is 5.73 Å². The van der Waals surface area contributed by atoms with E-state index < -0.39 is 0 Å². The van der Waals surface area contributed by atoms with Crippen LogP contribution in [-0.2, 0) is 4.79 Å². The zero-order valence-electron chi connectivity index (χ0n) is 10.2. The van der Waals surface area contributed by atoms with Gasteiger partial charge in [0.05, 0.1) is 12.3 Å². The summed E-state index contributed by atoms with van der Waals surface area (Å²) in [6, 6.07) is 3.58. The molecule has 17 heavy (non-hydrogen) atoms. The average molecular weight is 236 g/mol. The fraction of sp³-hybridized carbons (Fsp3) is 0.615. The van der Waals surface area contributed by atoms with Crippen molar-refractivity contribution in [1.82, 2.24) is 5.32 Å². The zero-order chi connectivity index (χ0) is 12.3. The van der Waals surface area contributed by atoms with Crippen LogP contribution in [0.4, 0.5) is 0 Å². The number of carbonyl (C=O) groups is 1. The number of hydrogen-bond donors (Lipinski definition) is 2. The van der Waals surface area contributed by atoms with Gasteiger partial charge in [-0.15, -0.1) is 0 Å². The molecule has 94 valence electrons. The standard InChI is InChI=1S/C13H20N2O2/c1-10(11-5-4-8-17-11)15-12(16)9-13(14)6-2-3-7-13/h4-5,8,10H,2-3,6-7,9,14H2,1H3,(H,15,16)/t10-/m0/s1. The Kier molecular flexibility index (Phi) is 3.52. The molecule has 1 amide bonds. The quantitative estimate of drug-likeness (QED) is 0.841. The Bertz CT molecular complexity index is 367. The van der Waals surface area contributed by atoms with E-state index in [1.165, 1.54) is 0 Å². The van der Waals surface area contributed by atoms with Gasteiger partial charge in [-0.1, -0.05) is 12.8 Å². The number of furan rings is 1. The monoisotopic (exact) mass is 236 g/mol. The van der Waals surface area contributed by atoms with Crippen molar-refractivity contribution in [3.05, 3.63) is 24.2 Å². The minimum absolute atomic E-state index is 0.0123. The van der Waals surface area contributed by atoms with Crippen molar-refractivity contribution in [1.29, 1.82) is 0 Å². The van der Waals surface area contributed by atoms with Crippen LogP contribution in [0.5, 0.6) is 0 Å². The van der Waals surface area contributed by atoms with Crippen molar-refractivity contribution in [3.63, 3.8) is 0 Å². The Hall–Kier alpha value is -1.29. The number of rotatable bonds is 4. The summed E-state index contributed by atoms with van der Waals surface area (Å²) < 4.78 is 5.25. The second-order valence-electron chi connectivity index (χ2n) is 5.05. The van der Waals surface area contributed by atoms with Gasteiger partial charge in [0, 0.05) is 12.0 Å². The van der Waals surface area contributed by atoms with Crippen molar-refractivity contribution < 1.29 is 9.21 Å². The molecule has 1 aliphatic rings. The van der Waals surface area contributed by atoms with E-state index in [1.54, 1.807) is 6.26 Å². The molecular weight excluding hydrogens is 216 g/mol. The normalized spacial score (nSPS) is 20.1. The average Bonchev–Trinajstić information content (AvgIpc) is 2.88. The highest BCUT2D eigenvalue weighted by Gasteiger charge is 2.32. The molecule has 1 atom stereocenters. The summed E-state index contributed by atoms with van der Waals surface area (Å²) in [4.78, 5) is 11.9.